The molecule has 4 unspecified atom stereocenters. The standard InChI is InChI=1S/C22H24N6O6/c1-11-3-4-13(9-16(11)28(32)33)23-20(30)15-10-17(29)25-19-18(15)21(31)27-22(26-19)24-12-5-7-14(34-2)8-6-12/h3-9,15,18-19,22,24,26H,10H2,1-2H3,(H,23,30)(H,25,29)(H,27,31). The summed E-state index contributed by atoms with van der Waals surface area (Å²) in [6.07, 6.45) is -1.66. The third-order valence-electron chi connectivity index (χ3n) is 5.86. The molecule has 12 nitrogen and oxygen atoms in total. The predicted molar refractivity (Wildman–Crippen MR) is 122 cm³/mol. The van der Waals surface area contributed by atoms with Crippen LogP contribution in [0.15, 0.2) is 42.5 Å². The molecule has 4 rings (SSSR count). The van der Waals surface area contributed by atoms with Crippen molar-refractivity contribution >= 4 is 34.8 Å². The van der Waals surface area contributed by atoms with Crippen LogP contribution < -0.4 is 31.3 Å². The third-order valence-corrected chi connectivity index (χ3v) is 5.86. The van der Waals surface area contributed by atoms with Crippen LogP contribution in [0.4, 0.5) is 17.1 Å². The number of nitro groups is 1. The van der Waals surface area contributed by atoms with Crippen molar-refractivity contribution in [3.63, 3.8) is 0 Å². The summed E-state index contributed by atoms with van der Waals surface area (Å²) in [5, 5.41) is 25.5. The van der Waals surface area contributed by atoms with Gasteiger partial charge in [-0.25, -0.2) is 0 Å². The van der Waals surface area contributed by atoms with Gasteiger partial charge < -0.3 is 26.0 Å². The van der Waals surface area contributed by atoms with Crippen molar-refractivity contribution in [2.75, 3.05) is 17.7 Å². The Morgan fingerprint density at radius 3 is 2.50 bits per heavy atom. The fourth-order valence-electron chi connectivity index (χ4n) is 4.13. The molecule has 0 spiro atoms. The molecule has 2 aromatic rings. The minimum absolute atomic E-state index is 0.137. The number of amides is 3. The number of nitro benzene ring substituents is 1. The number of hydrogen-bond acceptors (Lipinski definition) is 8. The Bertz CT molecular complexity index is 1140. The number of benzene rings is 2. The summed E-state index contributed by atoms with van der Waals surface area (Å²) in [4.78, 5) is 49.0. The van der Waals surface area contributed by atoms with Gasteiger partial charge in [0, 0.05) is 29.4 Å². The van der Waals surface area contributed by atoms with Gasteiger partial charge in [-0.15, -0.1) is 0 Å². The zero-order chi connectivity index (χ0) is 24.4. The second-order valence-corrected chi connectivity index (χ2v) is 8.11. The average Bonchev–Trinajstić information content (AvgIpc) is 2.79. The van der Waals surface area contributed by atoms with Gasteiger partial charge in [-0.05, 0) is 37.3 Å². The molecule has 178 valence electrons. The zero-order valence-corrected chi connectivity index (χ0v) is 18.5. The number of carbonyl (C=O) groups is 3. The summed E-state index contributed by atoms with van der Waals surface area (Å²) in [5.41, 5.74) is 1.23. The molecular formula is C22H24N6O6. The highest BCUT2D eigenvalue weighted by Gasteiger charge is 2.48. The molecule has 12 heteroatoms. The quantitative estimate of drug-likeness (QED) is 0.310. The fraction of sp³-hybridized carbons (Fsp3) is 0.318. The number of methoxy groups -OCH3 is 1. The van der Waals surface area contributed by atoms with Crippen molar-refractivity contribution in [2.45, 2.75) is 25.8 Å². The molecule has 0 aromatic heterocycles. The molecule has 2 saturated heterocycles. The first-order valence-corrected chi connectivity index (χ1v) is 10.6. The van der Waals surface area contributed by atoms with Gasteiger partial charge in [0.25, 0.3) is 5.69 Å². The van der Waals surface area contributed by atoms with Crippen LogP contribution >= 0.6 is 0 Å². The van der Waals surface area contributed by atoms with Crippen LogP contribution in [0.25, 0.3) is 0 Å². The number of nitrogens with zero attached hydrogens (tertiary/aromatic N) is 1. The Morgan fingerprint density at radius 1 is 1.12 bits per heavy atom. The smallest absolute Gasteiger partial charge is 0.274 e. The van der Waals surface area contributed by atoms with Gasteiger partial charge in [0.15, 0.2) is 6.29 Å². The van der Waals surface area contributed by atoms with Crippen molar-refractivity contribution < 1.29 is 24.0 Å². The largest absolute Gasteiger partial charge is 0.497 e. The number of aryl methyl sites for hydroxylation is 1. The Labute approximate surface area is 194 Å². The number of carbonyl (C=O) groups excluding carboxylic acids is 3. The van der Waals surface area contributed by atoms with E-state index in [4.69, 9.17) is 4.74 Å². The van der Waals surface area contributed by atoms with Gasteiger partial charge in [-0.1, -0.05) is 6.07 Å². The Kier molecular flexibility index (Phi) is 6.32. The topological polar surface area (TPSA) is 164 Å². The van der Waals surface area contributed by atoms with E-state index in [9.17, 15) is 24.5 Å². The molecule has 0 radical (unpaired) electrons. The van der Waals surface area contributed by atoms with Crippen LogP contribution in [0.1, 0.15) is 12.0 Å². The summed E-state index contributed by atoms with van der Waals surface area (Å²) >= 11 is 0. The molecule has 2 aromatic carbocycles. The fourth-order valence-corrected chi connectivity index (χ4v) is 4.13. The number of rotatable bonds is 6. The Balaban J connectivity index is 1.47. The Hall–Kier alpha value is -4.19. The maximum absolute atomic E-state index is 13.0. The van der Waals surface area contributed by atoms with Crippen molar-refractivity contribution in [3.05, 3.63) is 58.1 Å². The van der Waals surface area contributed by atoms with Crippen LogP contribution in [-0.4, -0.2) is 42.2 Å². The lowest BCUT2D eigenvalue weighted by Gasteiger charge is -2.43. The number of ether oxygens (including phenoxy) is 1. The van der Waals surface area contributed by atoms with Gasteiger partial charge in [0.1, 0.15) is 5.75 Å². The molecule has 4 atom stereocenters. The highest BCUT2D eigenvalue weighted by molar-refractivity contribution is 6.00. The van der Waals surface area contributed by atoms with E-state index in [1.807, 2.05) is 0 Å². The van der Waals surface area contributed by atoms with E-state index in [0.717, 1.165) is 0 Å². The van der Waals surface area contributed by atoms with E-state index in [0.29, 0.717) is 17.0 Å². The first kappa shape index (κ1) is 23.0. The van der Waals surface area contributed by atoms with E-state index in [1.54, 1.807) is 38.3 Å². The minimum Gasteiger partial charge on any atom is -0.497 e. The van der Waals surface area contributed by atoms with Crippen LogP contribution in [0.5, 0.6) is 5.75 Å². The summed E-state index contributed by atoms with van der Waals surface area (Å²) in [5.74, 6) is -2.52. The molecular weight excluding hydrogens is 444 g/mol. The molecule has 0 bridgehead atoms. The highest BCUT2D eigenvalue weighted by Crippen LogP contribution is 2.29. The molecule has 0 saturated carbocycles. The van der Waals surface area contributed by atoms with Crippen molar-refractivity contribution in [1.29, 1.82) is 0 Å². The lowest BCUT2D eigenvalue weighted by molar-refractivity contribution is -0.385. The van der Waals surface area contributed by atoms with Crippen molar-refractivity contribution in [1.82, 2.24) is 16.0 Å². The molecule has 5 N–H and O–H groups in total. The average molecular weight is 468 g/mol. The van der Waals surface area contributed by atoms with E-state index < -0.39 is 41.0 Å². The SMILES string of the molecule is COc1ccc(NC2NC(=O)C3C(NC(=O)CC3C(=O)Nc3ccc(C)c([N+](=O)[O-])c3)N2)cc1. The van der Waals surface area contributed by atoms with E-state index >= 15 is 0 Å². The number of hydrogen-bond donors (Lipinski definition) is 5. The first-order chi connectivity index (χ1) is 16.2. The van der Waals surface area contributed by atoms with Crippen LogP contribution in [-0.2, 0) is 14.4 Å². The lowest BCUT2D eigenvalue weighted by atomic mass is 9.81. The van der Waals surface area contributed by atoms with E-state index in [-0.39, 0.29) is 23.7 Å². The Morgan fingerprint density at radius 2 is 1.82 bits per heavy atom. The molecule has 2 aliphatic heterocycles. The normalized spacial score (nSPS) is 23.7. The lowest BCUT2D eigenvalue weighted by Crippen LogP contribution is -2.72. The second kappa shape index (κ2) is 9.35. The molecule has 2 aliphatic rings. The molecule has 2 heterocycles. The maximum Gasteiger partial charge on any atom is 0.274 e. The zero-order valence-electron chi connectivity index (χ0n) is 18.5. The summed E-state index contributed by atoms with van der Waals surface area (Å²) in [6, 6.07) is 11.4. The second-order valence-electron chi connectivity index (χ2n) is 8.11. The molecule has 2 fully saturated rings. The maximum atomic E-state index is 13.0. The van der Waals surface area contributed by atoms with Gasteiger partial charge in [-0.3, -0.25) is 29.8 Å². The first-order valence-electron chi connectivity index (χ1n) is 10.6. The minimum atomic E-state index is -0.964. The van der Waals surface area contributed by atoms with Gasteiger partial charge in [0.05, 0.1) is 30.0 Å². The monoisotopic (exact) mass is 468 g/mol. The molecule has 3 amide bonds. The van der Waals surface area contributed by atoms with Gasteiger partial charge >= 0.3 is 0 Å². The molecule has 34 heavy (non-hydrogen) atoms. The number of fused-ring (bicyclic) bond motifs is 1. The predicted octanol–water partition coefficient (Wildman–Crippen LogP) is 1.04. The number of nitrogens with one attached hydrogen (secondary N) is 5. The number of anilines is 2. The number of piperidine rings is 1. The van der Waals surface area contributed by atoms with Crippen LogP contribution in [0.3, 0.4) is 0 Å². The van der Waals surface area contributed by atoms with Gasteiger partial charge in [0.2, 0.25) is 17.7 Å². The third kappa shape index (κ3) is 4.76. The van der Waals surface area contributed by atoms with Crippen molar-refractivity contribution in [3.8, 4) is 5.75 Å². The molecule has 0 aliphatic carbocycles. The van der Waals surface area contributed by atoms with E-state index in [1.165, 1.54) is 18.2 Å². The van der Waals surface area contributed by atoms with Crippen LogP contribution in [0, 0.1) is 28.9 Å². The summed E-state index contributed by atoms with van der Waals surface area (Å²) in [7, 11) is 1.56. The van der Waals surface area contributed by atoms with Crippen molar-refractivity contribution in [2.24, 2.45) is 11.8 Å². The van der Waals surface area contributed by atoms with Crippen LogP contribution in [0.2, 0.25) is 0 Å². The summed E-state index contributed by atoms with van der Waals surface area (Å²) < 4.78 is 5.13. The highest BCUT2D eigenvalue weighted by atomic mass is 16.6. The van der Waals surface area contributed by atoms with Gasteiger partial charge in [-0.2, -0.15) is 0 Å². The van der Waals surface area contributed by atoms with E-state index in [2.05, 4.69) is 26.6 Å². The summed E-state index contributed by atoms with van der Waals surface area (Å²) in [6.45, 7) is 1.59.